The van der Waals surface area contributed by atoms with Crippen molar-refractivity contribution >= 4 is 21.6 Å². The Kier molecular flexibility index (Phi) is 4.11. The van der Waals surface area contributed by atoms with Crippen LogP contribution in [0.4, 0.5) is 5.69 Å². The highest BCUT2D eigenvalue weighted by Gasteiger charge is 2.28. The highest BCUT2D eigenvalue weighted by atomic mass is 79.9. The van der Waals surface area contributed by atoms with E-state index in [2.05, 4.69) is 41.2 Å². The second-order valence-corrected chi connectivity index (χ2v) is 6.89. The first-order valence-electron chi connectivity index (χ1n) is 7.51. The topological polar surface area (TPSA) is 30.5 Å². The zero-order valence-electron chi connectivity index (χ0n) is 12.1. The number of hydrogen-bond acceptors (Lipinski definition) is 3. The molecule has 0 aromatic heterocycles. The van der Waals surface area contributed by atoms with Gasteiger partial charge < -0.3 is 14.8 Å². The van der Waals surface area contributed by atoms with Crippen molar-refractivity contribution in [3.8, 4) is 11.5 Å². The van der Waals surface area contributed by atoms with Crippen molar-refractivity contribution in [3.63, 3.8) is 0 Å². The van der Waals surface area contributed by atoms with E-state index in [1.807, 2.05) is 6.07 Å². The molecule has 1 saturated carbocycles. The SMILES string of the molecule is CC1CCCC(C)C1Nc1cc2c(cc1Br)OCCO2. The van der Waals surface area contributed by atoms with Crippen LogP contribution >= 0.6 is 15.9 Å². The molecule has 4 heteroatoms. The first-order chi connectivity index (χ1) is 9.65. The minimum atomic E-state index is 0.530. The molecular formula is C16H22BrNO2. The molecule has 2 aliphatic rings. The summed E-state index contributed by atoms with van der Waals surface area (Å²) in [6, 6.07) is 4.60. The average molecular weight is 340 g/mol. The minimum Gasteiger partial charge on any atom is -0.486 e. The van der Waals surface area contributed by atoms with E-state index >= 15 is 0 Å². The third kappa shape index (κ3) is 2.76. The molecule has 1 aromatic carbocycles. The lowest BCUT2D eigenvalue weighted by Crippen LogP contribution is -2.37. The van der Waals surface area contributed by atoms with Gasteiger partial charge in [0.2, 0.25) is 0 Å². The minimum absolute atomic E-state index is 0.530. The molecule has 0 radical (unpaired) electrons. The van der Waals surface area contributed by atoms with Crippen LogP contribution in [0.5, 0.6) is 11.5 Å². The number of nitrogens with one attached hydrogen (secondary N) is 1. The van der Waals surface area contributed by atoms with E-state index in [9.17, 15) is 0 Å². The van der Waals surface area contributed by atoms with Crippen LogP contribution in [-0.4, -0.2) is 19.3 Å². The van der Waals surface area contributed by atoms with Gasteiger partial charge in [-0.25, -0.2) is 0 Å². The lowest BCUT2D eigenvalue weighted by Gasteiger charge is -2.36. The summed E-state index contributed by atoms with van der Waals surface area (Å²) in [5.41, 5.74) is 1.11. The molecule has 0 bridgehead atoms. The van der Waals surface area contributed by atoms with Crippen molar-refractivity contribution in [2.24, 2.45) is 11.8 Å². The third-order valence-electron chi connectivity index (χ3n) is 4.50. The predicted molar refractivity (Wildman–Crippen MR) is 84.7 cm³/mol. The van der Waals surface area contributed by atoms with E-state index in [0.717, 1.165) is 21.7 Å². The van der Waals surface area contributed by atoms with Gasteiger partial charge >= 0.3 is 0 Å². The molecule has 1 N–H and O–H groups in total. The number of halogens is 1. The van der Waals surface area contributed by atoms with Gasteiger partial charge in [0.25, 0.3) is 0 Å². The van der Waals surface area contributed by atoms with E-state index in [0.29, 0.717) is 31.1 Å². The van der Waals surface area contributed by atoms with E-state index in [4.69, 9.17) is 9.47 Å². The zero-order chi connectivity index (χ0) is 14.1. The Hall–Kier alpha value is -0.900. The van der Waals surface area contributed by atoms with Gasteiger partial charge in [0.05, 0.1) is 5.69 Å². The molecule has 1 aliphatic heterocycles. The second-order valence-electron chi connectivity index (χ2n) is 6.03. The molecule has 1 aliphatic carbocycles. The molecule has 2 unspecified atom stereocenters. The van der Waals surface area contributed by atoms with Crippen molar-refractivity contribution in [1.29, 1.82) is 0 Å². The fourth-order valence-corrected chi connectivity index (χ4v) is 3.76. The summed E-state index contributed by atoms with van der Waals surface area (Å²) in [4.78, 5) is 0. The van der Waals surface area contributed by atoms with Crippen molar-refractivity contribution in [1.82, 2.24) is 0 Å². The molecule has 0 saturated heterocycles. The first-order valence-corrected chi connectivity index (χ1v) is 8.30. The number of anilines is 1. The highest BCUT2D eigenvalue weighted by Crippen LogP contribution is 2.40. The average Bonchev–Trinajstić information content (AvgIpc) is 2.43. The second kappa shape index (κ2) is 5.84. The van der Waals surface area contributed by atoms with E-state index in [1.165, 1.54) is 19.3 Å². The highest BCUT2D eigenvalue weighted by molar-refractivity contribution is 9.10. The summed E-state index contributed by atoms with van der Waals surface area (Å²) in [6.45, 7) is 5.95. The van der Waals surface area contributed by atoms with Crippen LogP contribution in [0.2, 0.25) is 0 Å². The van der Waals surface area contributed by atoms with Crippen LogP contribution < -0.4 is 14.8 Å². The molecule has 0 amide bonds. The number of rotatable bonds is 2. The lowest BCUT2D eigenvalue weighted by molar-refractivity contribution is 0.171. The molecule has 20 heavy (non-hydrogen) atoms. The molecule has 2 atom stereocenters. The van der Waals surface area contributed by atoms with Gasteiger partial charge in [-0.1, -0.05) is 20.3 Å². The largest absolute Gasteiger partial charge is 0.486 e. The maximum absolute atomic E-state index is 5.68. The summed E-state index contributed by atoms with van der Waals surface area (Å²) in [5.74, 6) is 3.09. The molecule has 1 aromatic rings. The Balaban J connectivity index is 1.83. The van der Waals surface area contributed by atoms with Crippen LogP contribution in [0.25, 0.3) is 0 Å². The molecule has 0 spiro atoms. The molecule has 1 fully saturated rings. The van der Waals surface area contributed by atoms with Gasteiger partial charge in [0.15, 0.2) is 11.5 Å². The molecular weight excluding hydrogens is 318 g/mol. The van der Waals surface area contributed by atoms with Gasteiger partial charge in [-0.15, -0.1) is 0 Å². The van der Waals surface area contributed by atoms with Crippen LogP contribution in [0.1, 0.15) is 33.1 Å². The Morgan fingerprint density at radius 3 is 2.30 bits per heavy atom. The smallest absolute Gasteiger partial charge is 0.163 e. The molecule has 1 heterocycles. The Labute approximate surface area is 129 Å². The zero-order valence-corrected chi connectivity index (χ0v) is 13.7. The van der Waals surface area contributed by atoms with Crippen molar-refractivity contribution < 1.29 is 9.47 Å². The van der Waals surface area contributed by atoms with Crippen LogP contribution in [0.15, 0.2) is 16.6 Å². The van der Waals surface area contributed by atoms with E-state index in [1.54, 1.807) is 0 Å². The lowest BCUT2D eigenvalue weighted by atomic mass is 9.78. The normalized spacial score (nSPS) is 29.1. The molecule has 3 nitrogen and oxygen atoms in total. The Morgan fingerprint density at radius 2 is 1.65 bits per heavy atom. The van der Waals surface area contributed by atoms with Crippen LogP contribution in [0.3, 0.4) is 0 Å². The molecule has 3 rings (SSSR count). The number of fused-ring (bicyclic) bond motifs is 1. The standard InChI is InChI=1S/C16H22BrNO2/c1-10-4-3-5-11(2)16(10)18-13-9-15-14(8-12(13)17)19-6-7-20-15/h8-11,16,18H,3-7H2,1-2H3. The van der Waals surface area contributed by atoms with E-state index < -0.39 is 0 Å². The van der Waals surface area contributed by atoms with Crippen molar-refractivity contribution in [2.75, 3.05) is 18.5 Å². The van der Waals surface area contributed by atoms with E-state index in [-0.39, 0.29) is 0 Å². The van der Waals surface area contributed by atoms with Gasteiger partial charge in [-0.05, 0) is 40.6 Å². The summed E-state index contributed by atoms with van der Waals surface area (Å²) in [7, 11) is 0. The maximum atomic E-state index is 5.68. The van der Waals surface area contributed by atoms with Crippen LogP contribution in [-0.2, 0) is 0 Å². The van der Waals surface area contributed by atoms with Gasteiger partial charge in [-0.2, -0.15) is 0 Å². The number of hydrogen-bond donors (Lipinski definition) is 1. The van der Waals surface area contributed by atoms with Gasteiger partial charge in [0, 0.05) is 22.6 Å². The molecule has 110 valence electrons. The predicted octanol–water partition coefficient (Wildman–Crippen LogP) is 4.46. The first kappa shape index (κ1) is 14.1. The summed E-state index contributed by atoms with van der Waals surface area (Å²) in [6.07, 6.45) is 3.97. The quantitative estimate of drug-likeness (QED) is 0.862. The fourth-order valence-electron chi connectivity index (χ4n) is 3.32. The van der Waals surface area contributed by atoms with Gasteiger partial charge in [0.1, 0.15) is 13.2 Å². The third-order valence-corrected chi connectivity index (χ3v) is 5.16. The van der Waals surface area contributed by atoms with Crippen LogP contribution in [0, 0.1) is 11.8 Å². The van der Waals surface area contributed by atoms with Crippen molar-refractivity contribution in [3.05, 3.63) is 16.6 Å². The summed E-state index contributed by atoms with van der Waals surface area (Å²) in [5, 5.41) is 3.72. The monoisotopic (exact) mass is 339 g/mol. The summed E-state index contributed by atoms with van der Waals surface area (Å²) < 4.78 is 12.3. The maximum Gasteiger partial charge on any atom is 0.163 e. The van der Waals surface area contributed by atoms with Gasteiger partial charge in [-0.3, -0.25) is 0 Å². The van der Waals surface area contributed by atoms with Crippen molar-refractivity contribution in [2.45, 2.75) is 39.2 Å². The Morgan fingerprint density at radius 1 is 1.05 bits per heavy atom. The fraction of sp³-hybridized carbons (Fsp3) is 0.625. The number of ether oxygens (including phenoxy) is 2. The summed E-state index contributed by atoms with van der Waals surface area (Å²) >= 11 is 3.64. The Bertz CT molecular complexity index is 482. The number of benzene rings is 1.